The largest absolute Gasteiger partial charge is 0.478 e. The Balaban J connectivity index is 3.29. The molecule has 0 saturated heterocycles. The molecule has 1 atom stereocenters. The Morgan fingerprint density at radius 1 is 1.37 bits per heavy atom. The number of hydrogen-bond donors (Lipinski definition) is 1. The summed E-state index contributed by atoms with van der Waals surface area (Å²) in [6.45, 7) is 7.79. The summed E-state index contributed by atoms with van der Waals surface area (Å²) in [7, 11) is 0. The molecule has 6 heteroatoms. The van der Waals surface area contributed by atoms with Crippen molar-refractivity contribution in [2.45, 2.75) is 37.8 Å². The van der Waals surface area contributed by atoms with E-state index < -0.39 is 10.9 Å². The average Bonchev–Trinajstić information content (AvgIpc) is 2.30. The van der Waals surface area contributed by atoms with Crippen molar-refractivity contribution < 1.29 is 14.8 Å². The van der Waals surface area contributed by atoms with Gasteiger partial charge < -0.3 is 5.11 Å². The summed E-state index contributed by atoms with van der Waals surface area (Å²) in [5, 5.41) is 20.2. The maximum atomic E-state index is 11.0. The number of aromatic carboxylic acids is 1. The standard InChI is InChI=1S/C13H17NO4S/c1-7(2)9(4)19-12-6-10(13(15)16)5-11(8(12)3)14(17)18/h5-7,9H,1-4H3,(H,15,16). The third-order valence-corrected chi connectivity index (χ3v) is 4.62. The minimum Gasteiger partial charge on any atom is -0.478 e. The fourth-order valence-corrected chi connectivity index (χ4v) is 2.59. The van der Waals surface area contributed by atoms with E-state index in [-0.39, 0.29) is 16.5 Å². The van der Waals surface area contributed by atoms with Gasteiger partial charge in [-0.3, -0.25) is 10.1 Å². The zero-order chi connectivity index (χ0) is 14.7. The van der Waals surface area contributed by atoms with E-state index in [1.165, 1.54) is 17.8 Å². The molecule has 19 heavy (non-hydrogen) atoms. The van der Waals surface area contributed by atoms with Crippen LogP contribution in [0.3, 0.4) is 0 Å². The van der Waals surface area contributed by atoms with Crippen LogP contribution >= 0.6 is 11.8 Å². The number of rotatable bonds is 5. The van der Waals surface area contributed by atoms with Gasteiger partial charge in [-0.15, -0.1) is 11.8 Å². The van der Waals surface area contributed by atoms with Crippen LogP contribution in [0.5, 0.6) is 0 Å². The summed E-state index contributed by atoms with van der Waals surface area (Å²) >= 11 is 1.47. The number of carboxylic acid groups (broad SMARTS) is 1. The van der Waals surface area contributed by atoms with Gasteiger partial charge in [-0.2, -0.15) is 0 Å². The Labute approximate surface area is 116 Å². The van der Waals surface area contributed by atoms with Crippen molar-refractivity contribution in [1.29, 1.82) is 0 Å². The average molecular weight is 283 g/mol. The molecule has 0 amide bonds. The molecule has 1 aromatic carbocycles. The van der Waals surface area contributed by atoms with Gasteiger partial charge in [-0.25, -0.2) is 4.79 Å². The molecule has 1 aromatic rings. The fraction of sp³-hybridized carbons (Fsp3) is 0.462. The lowest BCUT2D eigenvalue weighted by Gasteiger charge is -2.16. The number of hydrogen-bond acceptors (Lipinski definition) is 4. The minimum atomic E-state index is -1.15. The lowest BCUT2D eigenvalue weighted by Crippen LogP contribution is -2.07. The molecule has 0 radical (unpaired) electrons. The van der Waals surface area contributed by atoms with Crippen LogP contribution < -0.4 is 0 Å². The normalized spacial score (nSPS) is 12.5. The number of nitrogens with zero attached hydrogens (tertiary/aromatic N) is 1. The Bertz CT molecular complexity index is 514. The van der Waals surface area contributed by atoms with Crippen LogP contribution in [-0.4, -0.2) is 21.2 Å². The van der Waals surface area contributed by atoms with Gasteiger partial charge in [-0.1, -0.05) is 20.8 Å². The molecule has 0 aliphatic heterocycles. The number of carbonyl (C=O) groups is 1. The van der Waals surface area contributed by atoms with E-state index in [2.05, 4.69) is 13.8 Å². The van der Waals surface area contributed by atoms with Crippen LogP contribution in [0.15, 0.2) is 17.0 Å². The van der Waals surface area contributed by atoms with Crippen LogP contribution in [0, 0.1) is 23.0 Å². The molecule has 104 valence electrons. The summed E-state index contributed by atoms with van der Waals surface area (Å²) < 4.78 is 0. The molecule has 1 N–H and O–H groups in total. The summed E-state index contributed by atoms with van der Waals surface area (Å²) in [6, 6.07) is 2.62. The number of nitro benzene ring substituents is 1. The molecule has 0 aliphatic rings. The predicted molar refractivity (Wildman–Crippen MR) is 74.9 cm³/mol. The van der Waals surface area contributed by atoms with E-state index in [0.29, 0.717) is 16.4 Å². The monoisotopic (exact) mass is 283 g/mol. The maximum absolute atomic E-state index is 11.0. The fourth-order valence-electron chi connectivity index (χ4n) is 1.44. The van der Waals surface area contributed by atoms with E-state index in [4.69, 9.17) is 5.11 Å². The van der Waals surface area contributed by atoms with Gasteiger partial charge in [0.25, 0.3) is 5.69 Å². The Kier molecular flexibility index (Phi) is 4.94. The van der Waals surface area contributed by atoms with Crippen LogP contribution in [0.2, 0.25) is 0 Å². The highest BCUT2D eigenvalue weighted by molar-refractivity contribution is 8.00. The van der Waals surface area contributed by atoms with E-state index in [9.17, 15) is 14.9 Å². The van der Waals surface area contributed by atoms with Gasteiger partial charge in [0.1, 0.15) is 0 Å². The summed E-state index contributed by atoms with van der Waals surface area (Å²) in [5.41, 5.74) is 0.335. The van der Waals surface area contributed by atoms with Crippen molar-refractivity contribution in [2.24, 2.45) is 5.92 Å². The maximum Gasteiger partial charge on any atom is 0.335 e. The van der Waals surface area contributed by atoms with Gasteiger partial charge in [0.15, 0.2) is 0 Å². The van der Waals surface area contributed by atoms with Gasteiger partial charge in [-0.05, 0) is 18.9 Å². The quantitative estimate of drug-likeness (QED) is 0.506. The van der Waals surface area contributed by atoms with Crippen LogP contribution in [0.1, 0.15) is 36.7 Å². The van der Waals surface area contributed by atoms with E-state index in [0.717, 1.165) is 6.07 Å². The molecule has 0 saturated carbocycles. The second-order valence-electron chi connectivity index (χ2n) is 4.75. The van der Waals surface area contributed by atoms with Crippen molar-refractivity contribution in [3.05, 3.63) is 33.4 Å². The van der Waals surface area contributed by atoms with Crippen molar-refractivity contribution >= 4 is 23.4 Å². The third kappa shape index (κ3) is 3.70. The molecule has 0 fully saturated rings. The van der Waals surface area contributed by atoms with E-state index in [1.807, 2.05) is 6.92 Å². The van der Waals surface area contributed by atoms with Crippen molar-refractivity contribution in [3.63, 3.8) is 0 Å². The highest BCUT2D eigenvalue weighted by atomic mass is 32.2. The number of thioether (sulfide) groups is 1. The van der Waals surface area contributed by atoms with E-state index >= 15 is 0 Å². The highest BCUT2D eigenvalue weighted by Crippen LogP contribution is 2.35. The SMILES string of the molecule is Cc1c(SC(C)C(C)C)cc(C(=O)O)cc1[N+](=O)[O-]. The first-order chi connectivity index (χ1) is 8.73. The lowest BCUT2D eigenvalue weighted by atomic mass is 10.1. The predicted octanol–water partition coefficient (Wildman–Crippen LogP) is 3.74. The molecule has 0 aliphatic carbocycles. The molecule has 1 rings (SSSR count). The molecule has 0 bridgehead atoms. The van der Waals surface area contributed by atoms with Crippen LogP contribution in [-0.2, 0) is 0 Å². The van der Waals surface area contributed by atoms with Gasteiger partial charge in [0.2, 0.25) is 0 Å². The molecular weight excluding hydrogens is 266 g/mol. The molecule has 5 nitrogen and oxygen atoms in total. The van der Waals surface area contributed by atoms with Crippen molar-refractivity contribution in [3.8, 4) is 0 Å². The zero-order valence-corrected chi connectivity index (χ0v) is 12.2. The first kappa shape index (κ1) is 15.5. The van der Waals surface area contributed by atoms with Crippen molar-refractivity contribution in [2.75, 3.05) is 0 Å². The minimum absolute atomic E-state index is 0.0456. The number of nitro groups is 1. The molecular formula is C13H17NO4S. The van der Waals surface area contributed by atoms with Crippen LogP contribution in [0.4, 0.5) is 5.69 Å². The summed E-state index contributed by atoms with van der Waals surface area (Å²) in [5.74, 6) is -0.751. The molecule has 0 heterocycles. The van der Waals surface area contributed by atoms with Gasteiger partial charge in [0.05, 0.1) is 10.5 Å². The van der Waals surface area contributed by atoms with Crippen molar-refractivity contribution in [1.82, 2.24) is 0 Å². The van der Waals surface area contributed by atoms with Gasteiger partial charge >= 0.3 is 5.97 Å². The Morgan fingerprint density at radius 3 is 2.37 bits per heavy atom. The topological polar surface area (TPSA) is 80.4 Å². The van der Waals surface area contributed by atoms with Crippen LogP contribution in [0.25, 0.3) is 0 Å². The Hall–Kier alpha value is -1.56. The van der Waals surface area contributed by atoms with Gasteiger partial charge in [0, 0.05) is 21.8 Å². The first-order valence-corrected chi connectivity index (χ1v) is 6.81. The summed E-state index contributed by atoms with van der Waals surface area (Å²) in [6.07, 6.45) is 0. The molecule has 1 unspecified atom stereocenters. The lowest BCUT2D eigenvalue weighted by molar-refractivity contribution is -0.385. The highest BCUT2D eigenvalue weighted by Gasteiger charge is 2.21. The number of benzene rings is 1. The third-order valence-electron chi connectivity index (χ3n) is 3.03. The second kappa shape index (κ2) is 6.06. The smallest absolute Gasteiger partial charge is 0.335 e. The number of carboxylic acids is 1. The zero-order valence-electron chi connectivity index (χ0n) is 11.3. The van der Waals surface area contributed by atoms with E-state index in [1.54, 1.807) is 6.92 Å². The first-order valence-electron chi connectivity index (χ1n) is 5.93. The Morgan fingerprint density at radius 2 is 1.95 bits per heavy atom. The molecule has 0 aromatic heterocycles. The second-order valence-corrected chi connectivity index (χ2v) is 6.17. The molecule has 0 spiro atoms. The summed E-state index contributed by atoms with van der Waals surface area (Å²) in [4.78, 5) is 22.1.